The molecule has 1 aliphatic rings. The van der Waals surface area contributed by atoms with Crippen molar-refractivity contribution < 1.29 is 9.66 Å². The molecule has 6 nitrogen and oxygen atoms in total. The van der Waals surface area contributed by atoms with Crippen molar-refractivity contribution in [2.45, 2.75) is 32.2 Å². The molecule has 0 bridgehead atoms. The van der Waals surface area contributed by atoms with E-state index in [9.17, 15) is 10.1 Å². The van der Waals surface area contributed by atoms with E-state index < -0.39 is 4.92 Å². The summed E-state index contributed by atoms with van der Waals surface area (Å²) < 4.78 is 5.72. The highest BCUT2D eigenvalue weighted by Crippen LogP contribution is 2.26. The van der Waals surface area contributed by atoms with Gasteiger partial charge in [-0.1, -0.05) is 0 Å². The van der Waals surface area contributed by atoms with Gasteiger partial charge in [0.2, 0.25) is 0 Å². The molecule has 6 heteroatoms. The first kappa shape index (κ1) is 15.6. The van der Waals surface area contributed by atoms with Crippen molar-refractivity contribution in [1.29, 1.82) is 0 Å². The average Bonchev–Trinajstić information content (AvgIpc) is 2.84. The number of hydrogen-bond donors (Lipinski definition) is 1. The fraction of sp³-hybridized carbons (Fsp3) is 0.600. The first-order valence-corrected chi connectivity index (χ1v) is 7.46. The minimum atomic E-state index is -0.390. The van der Waals surface area contributed by atoms with E-state index in [1.807, 2.05) is 13.0 Å². The molecule has 1 unspecified atom stereocenters. The van der Waals surface area contributed by atoms with Crippen molar-refractivity contribution in [3.63, 3.8) is 0 Å². The van der Waals surface area contributed by atoms with Gasteiger partial charge in [0.05, 0.1) is 17.6 Å². The van der Waals surface area contributed by atoms with Gasteiger partial charge in [0.15, 0.2) is 0 Å². The minimum absolute atomic E-state index is 0.0569. The van der Waals surface area contributed by atoms with Gasteiger partial charge in [-0.2, -0.15) is 0 Å². The van der Waals surface area contributed by atoms with Gasteiger partial charge in [0, 0.05) is 30.4 Å². The maximum Gasteiger partial charge on any atom is 0.275 e. The molecule has 1 aliphatic heterocycles. The smallest absolute Gasteiger partial charge is 0.275 e. The normalized spacial score (nSPS) is 18.7. The molecular weight excluding hydrogens is 270 g/mol. The van der Waals surface area contributed by atoms with Crippen molar-refractivity contribution >= 4 is 11.4 Å². The van der Waals surface area contributed by atoms with Crippen LogP contribution in [0.4, 0.5) is 11.4 Å². The van der Waals surface area contributed by atoms with Crippen molar-refractivity contribution in [3.8, 4) is 5.75 Å². The first-order valence-electron chi connectivity index (χ1n) is 7.46. The Morgan fingerprint density at radius 3 is 2.90 bits per heavy atom. The fourth-order valence-electron chi connectivity index (χ4n) is 2.74. The Balaban J connectivity index is 1.96. The lowest BCUT2D eigenvalue weighted by Gasteiger charge is -2.19. The number of nitrogens with zero attached hydrogens (tertiary/aromatic N) is 2. The molecule has 1 aromatic rings. The number of hydrogen-bond acceptors (Lipinski definition) is 5. The summed E-state index contributed by atoms with van der Waals surface area (Å²) in [6, 6.07) is 5.40. The number of nitrogens with one attached hydrogen (secondary N) is 1. The Labute approximate surface area is 125 Å². The Hall–Kier alpha value is -1.82. The second-order valence-electron chi connectivity index (χ2n) is 5.42. The number of ether oxygens (including phenoxy) is 1. The van der Waals surface area contributed by atoms with Crippen LogP contribution in [0, 0.1) is 10.1 Å². The predicted octanol–water partition coefficient (Wildman–Crippen LogP) is 2.89. The summed E-state index contributed by atoms with van der Waals surface area (Å²) in [7, 11) is 2.13. The average molecular weight is 293 g/mol. The van der Waals surface area contributed by atoms with Gasteiger partial charge in [-0.3, -0.25) is 10.1 Å². The summed E-state index contributed by atoms with van der Waals surface area (Å²) in [5, 5.41) is 14.0. The zero-order chi connectivity index (χ0) is 15.2. The number of nitro benzene ring substituents is 1. The second-order valence-corrected chi connectivity index (χ2v) is 5.42. The zero-order valence-electron chi connectivity index (χ0n) is 12.7. The Bertz CT molecular complexity index is 493. The monoisotopic (exact) mass is 293 g/mol. The molecule has 21 heavy (non-hydrogen) atoms. The fourth-order valence-corrected chi connectivity index (χ4v) is 2.74. The third-order valence-corrected chi connectivity index (χ3v) is 3.87. The summed E-state index contributed by atoms with van der Waals surface area (Å²) in [6.45, 7) is 4.40. The highest BCUT2D eigenvalue weighted by Gasteiger charge is 2.20. The molecule has 0 spiro atoms. The number of nitro groups is 1. The number of non-ortho nitro benzene ring substituents is 1. The van der Waals surface area contributed by atoms with Crippen LogP contribution in [0.1, 0.15) is 26.2 Å². The van der Waals surface area contributed by atoms with Crippen LogP contribution in [0.5, 0.6) is 5.75 Å². The summed E-state index contributed by atoms with van der Waals surface area (Å²) in [5.41, 5.74) is 0.779. The molecule has 1 fully saturated rings. The van der Waals surface area contributed by atoms with E-state index in [0.717, 1.165) is 18.7 Å². The Morgan fingerprint density at radius 2 is 2.29 bits per heavy atom. The number of anilines is 1. The third-order valence-electron chi connectivity index (χ3n) is 3.87. The maximum absolute atomic E-state index is 11.0. The summed E-state index contributed by atoms with van der Waals surface area (Å²) in [6.07, 6.45) is 3.40. The number of likely N-dealkylation sites (tertiary alicyclic amines) is 1. The maximum atomic E-state index is 11.0. The van der Waals surface area contributed by atoms with Gasteiger partial charge in [-0.25, -0.2) is 0 Å². The van der Waals surface area contributed by atoms with E-state index in [0.29, 0.717) is 24.9 Å². The Kier molecular flexibility index (Phi) is 5.38. The van der Waals surface area contributed by atoms with E-state index >= 15 is 0 Å². The van der Waals surface area contributed by atoms with Gasteiger partial charge in [0.25, 0.3) is 5.69 Å². The number of benzene rings is 1. The predicted molar refractivity (Wildman–Crippen MR) is 83.0 cm³/mol. The van der Waals surface area contributed by atoms with Crippen LogP contribution in [-0.2, 0) is 0 Å². The summed E-state index contributed by atoms with van der Waals surface area (Å²) in [5.74, 6) is 0.556. The zero-order valence-corrected chi connectivity index (χ0v) is 12.7. The molecule has 1 saturated heterocycles. The van der Waals surface area contributed by atoms with Crippen LogP contribution < -0.4 is 10.1 Å². The van der Waals surface area contributed by atoms with Gasteiger partial charge >= 0.3 is 0 Å². The van der Waals surface area contributed by atoms with Crippen LogP contribution in [0.25, 0.3) is 0 Å². The lowest BCUT2D eigenvalue weighted by Crippen LogP contribution is -2.26. The van der Waals surface area contributed by atoms with Crippen molar-refractivity contribution in [2.24, 2.45) is 0 Å². The van der Waals surface area contributed by atoms with E-state index in [-0.39, 0.29) is 5.69 Å². The van der Waals surface area contributed by atoms with Gasteiger partial charge in [0.1, 0.15) is 5.75 Å². The molecule has 0 aliphatic carbocycles. The first-order chi connectivity index (χ1) is 10.1. The SMILES string of the molecule is CCNc1cc(OCCC2CCCN2C)cc([N+](=O)[O-])c1. The van der Waals surface area contributed by atoms with Crippen molar-refractivity contribution in [3.05, 3.63) is 28.3 Å². The van der Waals surface area contributed by atoms with E-state index in [4.69, 9.17) is 4.74 Å². The molecule has 0 aromatic heterocycles. The second kappa shape index (κ2) is 7.26. The molecule has 1 N–H and O–H groups in total. The molecule has 1 aromatic carbocycles. The molecule has 2 rings (SSSR count). The lowest BCUT2D eigenvalue weighted by molar-refractivity contribution is -0.384. The number of rotatable bonds is 7. The lowest BCUT2D eigenvalue weighted by atomic mass is 10.1. The van der Waals surface area contributed by atoms with E-state index in [1.54, 1.807) is 0 Å². The van der Waals surface area contributed by atoms with Gasteiger partial charge in [-0.05, 0) is 39.8 Å². The largest absolute Gasteiger partial charge is 0.493 e. The van der Waals surface area contributed by atoms with Crippen LogP contribution in [0.3, 0.4) is 0 Å². The third kappa shape index (κ3) is 4.32. The van der Waals surface area contributed by atoms with Crippen LogP contribution >= 0.6 is 0 Å². The molecule has 0 amide bonds. The topological polar surface area (TPSA) is 67.6 Å². The molecule has 0 radical (unpaired) electrons. The van der Waals surface area contributed by atoms with Crippen LogP contribution in [0.2, 0.25) is 0 Å². The van der Waals surface area contributed by atoms with Crippen LogP contribution in [-0.4, -0.2) is 42.6 Å². The van der Waals surface area contributed by atoms with Crippen LogP contribution in [0.15, 0.2) is 18.2 Å². The molecule has 1 atom stereocenters. The summed E-state index contributed by atoms with van der Waals surface area (Å²) in [4.78, 5) is 12.9. The summed E-state index contributed by atoms with van der Waals surface area (Å²) >= 11 is 0. The van der Waals surface area contributed by atoms with E-state index in [2.05, 4.69) is 17.3 Å². The highest BCUT2D eigenvalue weighted by atomic mass is 16.6. The standard InChI is InChI=1S/C15H23N3O3/c1-3-16-12-9-14(18(19)20)11-15(10-12)21-8-6-13-5-4-7-17(13)2/h9-11,13,16H,3-8H2,1-2H3. The molecular formula is C15H23N3O3. The van der Waals surface area contributed by atoms with Crippen molar-refractivity contribution in [1.82, 2.24) is 4.90 Å². The highest BCUT2D eigenvalue weighted by molar-refractivity contribution is 5.56. The molecule has 0 saturated carbocycles. The van der Waals surface area contributed by atoms with E-state index in [1.165, 1.54) is 25.0 Å². The van der Waals surface area contributed by atoms with Gasteiger partial charge < -0.3 is 15.0 Å². The van der Waals surface area contributed by atoms with Gasteiger partial charge in [-0.15, -0.1) is 0 Å². The van der Waals surface area contributed by atoms with Crippen molar-refractivity contribution in [2.75, 3.05) is 32.1 Å². The molecule has 116 valence electrons. The quantitative estimate of drug-likeness (QED) is 0.618. The molecule has 1 heterocycles. The Morgan fingerprint density at radius 1 is 1.48 bits per heavy atom. The minimum Gasteiger partial charge on any atom is -0.493 e.